The van der Waals surface area contributed by atoms with Crippen molar-refractivity contribution in [3.63, 3.8) is 0 Å². The molecule has 0 saturated heterocycles. The number of ether oxygens (including phenoxy) is 1. The lowest BCUT2D eigenvalue weighted by Gasteiger charge is -2.24. The lowest BCUT2D eigenvalue weighted by molar-refractivity contribution is 0.0538. The Morgan fingerprint density at radius 1 is 1.33 bits per heavy atom. The third-order valence-corrected chi connectivity index (χ3v) is 2.98. The molecule has 0 radical (unpaired) electrons. The Morgan fingerprint density at radius 3 is 2.67 bits per heavy atom. The second-order valence-corrected chi connectivity index (χ2v) is 4.63. The lowest BCUT2D eigenvalue weighted by atomic mass is 9.90. The Balaban J connectivity index is 2.29. The molecule has 18 heavy (non-hydrogen) atoms. The third-order valence-electron chi connectivity index (χ3n) is 2.98. The molecule has 0 fully saturated rings. The van der Waals surface area contributed by atoms with Gasteiger partial charge >= 0.3 is 0 Å². The van der Waals surface area contributed by atoms with Gasteiger partial charge in [-0.2, -0.15) is 5.10 Å². The van der Waals surface area contributed by atoms with Crippen molar-refractivity contribution in [2.24, 2.45) is 7.05 Å². The van der Waals surface area contributed by atoms with Gasteiger partial charge in [0.25, 0.3) is 0 Å². The summed E-state index contributed by atoms with van der Waals surface area (Å²) >= 11 is 0. The summed E-state index contributed by atoms with van der Waals surface area (Å²) in [6.07, 6.45) is 2.32. The number of methoxy groups -OCH3 is 1. The van der Waals surface area contributed by atoms with E-state index in [1.165, 1.54) is 0 Å². The van der Waals surface area contributed by atoms with Crippen molar-refractivity contribution < 1.29 is 9.84 Å². The van der Waals surface area contributed by atoms with Crippen molar-refractivity contribution in [3.8, 4) is 5.75 Å². The van der Waals surface area contributed by atoms with Crippen molar-refractivity contribution in [2.45, 2.75) is 18.9 Å². The highest BCUT2D eigenvalue weighted by Crippen LogP contribution is 2.31. The number of rotatable bonds is 4. The van der Waals surface area contributed by atoms with Crippen molar-refractivity contribution >= 4 is 0 Å². The van der Waals surface area contributed by atoms with Gasteiger partial charge in [-0.1, -0.05) is 18.2 Å². The molecule has 1 aromatic heterocycles. The first-order valence-electron chi connectivity index (χ1n) is 5.87. The van der Waals surface area contributed by atoms with Gasteiger partial charge in [-0.05, 0) is 19.1 Å². The fourth-order valence-electron chi connectivity index (χ4n) is 2.09. The van der Waals surface area contributed by atoms with Crippen molar-refractivity contribution in [3.05, 3.63) is 47.8 Å². The Bertz CT molecular complexity index is 532. The smallest absolute Gasteiger partial charge is 0.124 e. The molecule has 2 aromatic rings. The third kappa shape index (κ3) is 2.54. The monoisotopic (exact) mass is 246 g/mol. The van der Waals surface area contributed by atoms with Gasteiger partial charge in [-0.3, -0.25) is 4.68 Å². The van der Waals surface area contributed by atoms with Gasteiger partial charge in [0.2, 0.25) is 0 Å². The fourth-order valence-corrected chi connectivity index (χ4v) is 2.09. The van der Waals surface area contributed by atoms with Crippen LogP contribution in [-0.4, -0.2) is 22.0 Å². The zero-order valence-corrected chi connectivity index (χ0v) is 10.9. The average Bonchev–Trinajstić information content (AvgIpc) is 2.74. The van der Waals surface area contributed by atoms with E-state index in [2.05, 4.69) is 5.10 Å². The molecule has 1 N–H and O–H groups in total. The van der Waals surface area contributed by atoms with E-state index in [0.29, 0.717) is 12.2 Å². The summed E-state index contributed by atoms with van der Waals surface area (Å²) in [5, 5.41) is 14.9. The molecule has 96 valence electrons. The molecule has 0 aliphatic heterocycles. The van der Waals surface area contributed by atoms with Gasteiger partial charge < -0.3 is 9.84 Å². The second-order valence-electron chi connectivity index (χ2n) is 4.63. The summed E-state index contributed by atoms with van der Waals surface area (Å²) in [4.78, 5) is 0. The van der Waals surface area contributed by atoms with Crippen LogP contribution < -0.4 is 4.74 Å². The highest BCUT2D eigenvalue weighted by Gasteiger charge is 2.27. The summed E-state index contributed by atoms with van der Waals surface area (Å²) in [7, 11) is 3.47. The molecule has 4 heteroatoms. The first-order valence-corrected chi connectivity index (χ1v) is 5.87. The molecular weight excluding hydrogens is 228 g/mol. The molecule has 0 aliphatic rings. The van der Waals surface area contributed by atoms with E-state index in [4.69, 9.17) is 4.74 Å². The summed E-state index contributed by atoms with van der Waals surface area (Å²) in [5.41, 5.74) is 0.632. The molecule has 0 spiro atoms. The summed E-state index contributed by atoms with van der Waals surface area (Å²) in [6.45, 7) is 1.78. The largest absolute Gasteiger partial charge is 0.496 e. The lowest BCUT2D eigenvalue weighted by Crippen LogP contribution is -2.25. The van der Waals surface area contributed by atoms with Crippen molar-refractivity contribution in [1.29, 1.82) is 0 Å². The topological polar surface area (TPSA) is 47.3 Å². The Labute approximate surface area is 107 Å². The van der Waals surface area contributed by atoms with Crippen LogP contribution in [0.1, 0.15) is 18.2 Å². The van der Waals surface area contributed by atoms with Crippen LogP contribution in [0.3, 0.4) is 0 Å². The second kappa shape index (κ2) is 4.82. The molecule has 0 saturated carbocycles. The minimum atomic E-state index is -0.999. The van der Waals surface area contributed by atoms with E-state index in [-0.39, 0.29) is 0 Å². The molecule has 1 heterocycles. The molecule has 2 rings (SSSR count). The van der Waals surface area contributed by atoms with E-state index in [0.717, 1.165) is 11.3 Å². The van der Waals surface area contributed by atoms with Gasteiger partial charge in [0.1, 0.15) is 5.75 Å². The molecule has 1 unspecified atom stereocenters. The minimum Gasteiger partial charge on any atom is -0.496 e. The van der Waals surface area contributed by atoms with Gasteiger partial charge in [-0.15, -0.1) is 0 Å². The number of aryl methyl sites for hydroxylation is 1. The molecule has 0 bridgehead atoms. The molecule has 4 nitrogen and oxygen atoms in total. The number of nitrogens with zero attached hydrogens (tertiary/aromatic N) is 2. The van der Waals surface area contributed by atoms with Crippen LogP contribution in [0.25, 0.3) is 0 Å². The Morgan fingerprint density at radius 2 is 2.06 bits per heavy atom. The highest BCUT2D eigenvalue weighted by molar-refractivity contribution is 5.38. The van der Waals surface area contributed by atoms with Gasteiger partial charge in [0.05, 0.1) is 18.4 Å². The van der Waals surface area contributed by atoms with Crippen molar-refractivity contribution in [1.82, 2.24) is 9.78 Å². The maximum absolute atomic E-state index is 10.6. The van der Waals surface area contributed by atoms with Gasteiger partial charge in [0.15, 0.2) is 0 Å². The van der Waals surface area contributed by atoms with E-state index in [1.807, 2.05) is 43.6 Å². The predicted molar refractivity (Wildman–Crippen MR) is 69.5 cm³/mol. The van der Waals surface area contributed by atoms with E-state index < -0.39 is 5.60 Å². The molecule has 1 aromatic carbocycles. The van der Waals surface area contributed by atoms with E-state index >= 15 is 0 Å². The minimum absolute atomic E-state index is 0.453. The van der Waals surface area contributed by atoms with Crippen LogP contribution in [0.2, 0.25) is 0 Å². The molecule has 0 amide bonds. The maximum Gasteiger partial charge on any atom is 0.124 e. The predicted octanol–water partition coefficient (Wildman–Crippen LogP) is 1.88. The van der Waals surface area contributed by atoms with Crippen LogP contribution in [-0.2, 0) is 19.1 Å². The van der Waals surface area contributed by atoms with E-state index in [1.54, 1.807) is 18.7 Å². The summed E-state index contributed by atoms with van der Waals surface area (Å²) < 4.78 is 7.02. The first-order chi connectivity index (χ1) is 8.53. The van der Waals surface area contributed by atoms with Crippen LogP contribution in [0.5, 0.6) is 5.75 Å². The fraction of sp³-hybridized carbons (Fsp3) is 0.357. The Kier molecular flexibility index (Phi) is 3.39. The van der Waals surface area contributed by atoms with Gasteiger partial charge in [-0.25, -0.2) is 0 Å². The quantitative estimate of drug-likeness (QED) is 0.896. The normalized spacial score (nSPS) is 14.2. The maximum atomic E-state index is 10.6. The van der Waals surface area contributed by atoms with Crippen molar-refractivity contribution in [2.75, 3.05) is 7.11 Å². The zero-order chi connectivity index (χ0) is 13.2. The van der Waals surface area contributed by atoms with E-state index in [9.17, 15) is 5.11 Å². The molecule has 1 atom stereocenters. The summed E-state index contributed by atoms with van der Waals surface area (Å²) in [6, 6.07) is 9.41. The average molecular weight is 246 g/mol. The standard InChI is InChI=1S/C14H18N2O2/c1-14(17,10-11-8-9-16(2)15-11)12-6-4-5-7-13(12)18-3/h4-9,17H,10H2,1-3H3. The number of hydrogen-bond acceptors (Lipinski definition) is 3. The SMILES string of the molecule is COc1ccccc1C(C)(O)Cc1ccn(C)n1. The number of aromatic nitrogens is 2. The highest BCUT2D eigenvalue weighted by atomic mass is 16.5. The van der Waals surface area contributed by atoms with Gasteiger partial charge in [0, 0.05) is 25.2 Å². The van der Waals surface area contributed by atoms with Crippen LogP contribution in [0.4, 0.5) is 0 Å². The first kappa shape index (κ1) is 12.6. The summed E-state index contributed by atoms with van der Waals surface area (Å²) in [5.74, 6) is 0.693. The number of para-hydroxylation sites is 1. The zero-order valence-electron chi connectivity index (χ0n) is 10.9. The van der Waals surface area contributed by atoms with Crippen LogP contribution in [0, 0.1) is 0 Å². The number of hydrogen-bond donors (Lipinski definition) is 1. The van der Waals surface area contributed by atoms with Crippen LogP contribution in [0.15, 0.2) is 36.5 Å². The Hall–Kier alpha value is -1.81. The number of aliphatic hydroxyl groups is 1. The van der Waals surface area contributed by atoms with Crippen LogP contribution >= 0.6 is 0 Å². The number of benzene rings is 1. The molecular formula is C14H18N2O2. The molecule has 0 aliphatic carbocycles.